The van der Waals surface area contributed by atoms with E-state index >= 15 is 0 Å². The molecule has 8 heteroatoms. The van der Waals surface area contributed by atoms with E-state index in [0.29, 0.717) is 18.3 Å². The number of rotatable bonds is 7. The Hall–Kier alpha value is -3.91. The van der Waals surface area contributed by atoms with E-state index in [2.05, 4.69) is 30.6 Å². The van der Waals surface area contributed by atoms with E-state index in [0.717, 1.165) is 66.0 Å². The normalized spacial score (nSPS) is 14.1. The number of carbonyl (C=O) groups is 1. The van der Waals surface area contributed by atoms with Crippen molar-refractivity contribution in [3.05, 3.63) is 78.5 Å². The number of pyridine rings is 2. The Morgan fingerprint density at radius 2 is 1.85 bits per heavy atom. The Balaban J connectivity index is 1.18. The summed E-state index contributed by atoms with van der Waals surface area (Å²) < 4.78 is 5.41. The van der Waals surface area contributed by atoms with E-state index < -0.39 is 0 Å². The standard InChI is InChI=1S/C26H26N6O2/c33-26(29-10-7-18-1-3-19(4-2-18)24-17-27-11-12-28-24)22-6-5-20-16-30-25(15-23(20)32-22)31-21-8-13-34-14-9-21/h1-6,11-12,15-17,21H,7-10,13-14H2,(H,29,33)(H,30,31). The van der Waals surface area contributed by atoms with Crippen molar-refractivity contribution in [1.82, 2.24) is 25.3 Å². The van der Waals surface area contributed by atoms with E-state index in [4.69, 9.17) is 4.74 Å². The summed E-state index contributed by atoms with van der Waals surface area (Å²) in [5, 5.41) is 7.32. The molecule has 172 valence electrons. The van der Waals surface area contributed by atoms with Crippen LogP contribution in [0.25, 0.3) is 22.2 Å². The largest absolute Gasteiger partial charge is 0.381 e. The second-order valence-corrected chi connectivity index (χ2v) is 8.28. The zero-order valence-electron chi connectivity index (χ0n) is 18.8. The number of benzene rings is 1. The third-order valence-electron chi connectivity index (χ3n) is 5.89. The Labute approximate surface area is 197 Å². The van der Waals surface area contributed by atoms with Gasteiger partial charge in [0.15, 0.2) is 0 Å². The maximum atomic E-state index is 12.7. The monoisotopic (exact) mass is 454 g/mol. The van der Waals surface area contributed by atoms with Crippen LogP contribution in [-0.2, 0) is 11.2 Å². The summed E-state index contributed by atoms with van der Waals surface area (Å²) in [6.07, 6.45) is 9.51. The first kappa shape index (κ1) is 21.9. The van der Waals surface area contributed by atoms with Gasteiger partial charge in [-0.1, -0.05) is 24.3 Å². The summed E-state index contributed by atoms with van der Waals surface area (Å²) in [5.41, 5.74) is 4.13. The molecular formula is C26H26N6O2. The van der Waals surface area contributed by atoms with Gasteiger partial charge in [0.25, 0.3) is 5.91 Å². The van der Waals surface area contributed by atoms with Gasteiger partial charge in [-0.3, -0.25) is 14.8 Å². The Kier molecular flexibility index (Phi) is 6.67. The lowest BCUT2D eigenvalue weighted by Crippen LogP contribution is -2.28. The molecule has 0 unspecified atom stereocenters. The SMILES string of the molecule is O=C(NCCc1ccc(-c2cnccn2)cc1)c1ccc2cnc(NC3CCOCC3)cc2n1. The van der Waals surface area contributed by atoms with Crippen molar-refractivity contribution in [2.45, 2.75) is 25.3 Å². The van der Waals surface area contributed by atoms with Gasteiger partial charge in [-0.2, -0.15) is 0 Å². The van der Waals surface area contributed by atoms with Gasteiger partial charge in [0.1, 0.15) is 11.5 Å². The lowest BCUT2D eigenvalue weighted by molar-refractivity contribution is 0.0903. The minimum absolute atomic E-state index is 0.186. The van der Waals surface area contributed by atoms with Gasteiger partial charge in [0.05, 0.1) is 17.4 Å². The highest BCUT2D eigenvalue weighted by Crippen LogP contribution is 2.19. The molecule has 1 aliphatic heterocycles. The van der Waals surface area contributed by atoms with Gasteiger partial charge in [0, 0.05) is 61.4 Å². The summed E-state index contributed by atoms with van der Waals surface area (Å²) in [4.78, 5) is 30.2. The van der Waals surface area contributed by atoms with Gasteiger partial charge in [-0.05, 0) is 37.0 Å². The van der Waals surface area contributed by atoms with Gasteiger partial charge in [0.2, 0.25) is 0 Å². The Bertz CT molecular complexity index is 1260. The molecule has 1 saturated heterocycles. The number of fused-ring (bicyclic) bond motifs is 1. The van der Waals surface area contributed by atoms with Crippen molar-refractivity contribution in [2.75, 3.05) is 25.1 Å². The third-order valence-corrected chi connectivity index (χ3v) is 5.89. The number of nitrogens with zero attached hydrogens (tertiary/aromatic N) is 4. The zero-order chi connectivity index (χ0) is 23.2. The molecule has 3 aromatic heterocycles. The minimum Gasteiger partial charge on any atom is -0.381 e. The molecule has 0 saturated carbocycles. The van der Waals surface area contributed by atoms with Gasteiger partial charge >= 0.3 is 0 Å². The molecule has 34 heavy (non-hydrogen) atoms. The molecule has 2 N–H and O–H groups in total. The highest BCUT2D eigenvalue weighted by molar-refractivity contribution is 5.95. The fraction of sp³-hybridized carbons (Fsp3) is 0.269. The van der Waals surface area contributed by atoms with Crippen molar-refractivity contribution in [3.8, 4) is 11.3 Å². The van der Waals surface area contributed by atoms with Gasteiger partial charge in [-0.15, -0.1) is 0 Å². The van der Waals surface area contributed by atoms with Gasteiger partial charge < -0.3 is 15.4 Å². The number of nitrogens with one attached hydrogen (secondary N) is 2. The molecule has 5 rings (SSSR count). The van der Waals surface area contributed by atoms with Gasteiger partial charge in [-0.25, -0.2) is 9.97 Å². The van der Waals surface area contributed by atoms with Crippen LogP contribution in [0.4, 0.5) is 5.82 Å². The molecule has 0 atom stereocenters. The molecule has 0 bridgehead atoms. The van der Waals surface area contributed by atoms with E-state index in [-0.39, 0.29) is 5.91 Å². The number of hydrogen-bond donors (Lipinski definition) is 2. The minimum atomic E-state index is -0.186. The summed E-state index contributed by atoms with van der Waals surface area (Å²) in [7, 11) is 0. The summed E-state index contributed by atoms with van der Waals surface area (Å²) in [5.74, 6) is 0.586. The molecule has 0 radical (unpaired) electrons. The van der Waals surface area contributed by atoms with Crippen LogP contribution in [-0.4, -0.2) is 51.6 Å². The third kappa shape index (κ3) is 5.35. The molecule has 4 heterocycles. The molecule has 1 aliphatic rings. The fourth-order valence-electron chi connectivity index (χ4n) is 3.97. The quantitative estimate of drug-likeness (QED) is 0.439. The predicted octanol–water partition coefficient (Wildman–Crippen LogP) is 3.65. The smallest absolute Gasteiger partial charge is 0.269 e. The second-order valence-electron chi connectivity index (χ2n) is 8.28. The lowest BCUT2D eigenvalue weighted by Gasteiger charge is -2.23. The van der Waals surface area contributed by atoms with Crippen LogP contribution in [0.1, 0.15) is 28.9 Å². The fourth-order valence-corrected chi connectivity index (χ4v) is 3.97. The van der Waals surface area contributed by atoms with Crippen LogP contribution in [0.2, 0.25) is 0 Å². The number of aromatic nitrogens is 4. The highest BCUT2D eigenvalue weighted by Gasteiger charge is 2.14. The van der Waals surface area contributed by atoms with Crippen LogP contribution in [0.3, 0.4) is 0 Å². The van der Waals surface area contributed by atoms with E-state index in [1.165, 1.54) is 0 Å². The van der Waals surface area contributed by atoms with Crippen molar-refractivity contribution in [3.63, 3.8) is 0 Å². The summed E-state index contributed by atoms with van der Waals surface area (Å²) >= 11 is 0. The Morgan fingerprint density at radius 1 is 1.00 bits per heavy atom. The lowest BCUT2D eigenvalue weighted by atomic mass is 10.1. The van der Waals surface area contributed by atoms with Crippen LogP contribution in [0.5, 0.6) is 0 Å². The molecule has 1 fully saturated rings. The molecule has 0 aliphatic carbocycles. The zero-order valence-corrected chi connectivity index (χ0v) is 18.8. The van der Waals surface area contributed by atoms with Crippen molar-refractivity contribution >= 4 is 22.6 Å². The van der Waals surface area contributed by atoms with Crippen LogP contribution >= 0.6 is 0 Å². The maximum absolute atomic E-state index is 12.7. The number of anilines is 1. The topological polar surface area (TPSA) is 102 Å². The first-order chi connectivity index (χ1) is 16.7. The number of carbonyl (C=O) groups excluding carboxylic acids is 1. The average molecular weight is 455 g/mol. The first-order valence-corrected chi connectivity index (χ1v) is 11.5. The van der Waals surface area contributed by atoms with Crippen LogP contribution in [0, 0.1) is 0 Å². The molecule has 4 aromatic rings. The summed E-state index contributed by atoms with van der Waals surface area (Å²) in [6.45, 7) is 2.05. The molecule has 8 nitrogen and oxygen atoms in total. The Morgan fingerprint density at radius 3 is 2.65 bits per heavy atom. The molecule has 0 spiro atoms. The number of amides is 1. The van der Waals surface area contributed by atoms with E-state index in [1.54, 1.807) is 30.9 Å². The van der Waals surface area contributed by atoms with Crippen LogP contribution in [0.15, 0.2) is 67.3 Å². The summed E-state index contributed by atoms with van der Waals surface area (Å²) in [6, 6.07) is 14.0. The van der Waals surface area contributed by atoms with Crippen molar-refractivity contribution in [2.24, 2.45) is 0 Å². The molecular weight excluding hydrogens is 428 g/mol. The maximum Gasteiger partial charge on any atom is 0.269 e. The van der Waals surface area contributed by atoms with Crippen molar-refractivity contribution in [1.29, 1.82) is 0 Å². The van der Waals surface area contributed by atoms with Crippen LogP contribution < -0.4 is 10.6 Å². The predicted molar refractivity (Wildman–Crippen MR) is 131 cm³/mol. The number of hydrogen-bond acceptors (Lipinski definition) is 7. The van der Waals surface area contributed by atoms with E-state index in [1.807, 2.05) is 36.4 Å². The second kappa shape index (κ2) is 10.4. The van der Waals surface area contributed by atoms with E-state index in [9.17, 15) is 4.79 Å². The highest BCUT2D eigenvalue weighted by atomic mass is 16.5. The van der Waals surface area contributed by atoms with Crippen molar-refractivity contribution < 1.29 is 9.53 Å². The first-order valence-electron chi connectivity index (χ1n) is 11.5. The average Bonchev–Trinajstić information content (AvgIpc) is 2.90. The number of ether oxygens (including phenoxy) is 1. The molecule has 1 amide bonds. The molecule has 1 aromatic carbocycles.